The van der Waals surface area contributed by atoms with Crippen molar-refractivity contribution in [2.24, 2.45) is 0 Å². The van der Waals surface area contributed by atoms with Gasteiger partial charge in [-0.05, 0) is 6.08 Å². The predicted molar refractivity (Wildman–Crippen MR) is 52.2 cm³/mol. The van der Waals surface area contributed by atoms with Crippen molar-refractivity contribution in [2.75, 3.05) is 6.16 Å². The summed E-state index contributed by atoms with van der Waals surface area (Å²) in [7, 11) is -2.64. The Balaban J connectivity index is 2.54. The van der Waals surface area contributed by atoms with Gasteiger partial charge in [-0.1, -0.05) is 12.4 Å². The molecule has 0 aliphatic heterocycles. The number of aromatic amines is 1. The highest BCUT2D eigenvalue weighted by Crippen LogP contribution is 2.37. The van der Waals surface area contributed by atoms with Crippen molar-refractivity contribution in [1.82, 2.24) is 15.2 Å². The fourth-order valence-electron chi connectivity index (χ4n) is 0.675. The molecule has 1 aromatic rings. The first-order valence-corrected chi connectivity index (χ1v) is 5.64. The number of nitrogens with one attached hydrogen (secondary N) is 1. The van der Waals surface area contributed by atoms with Crippen LogP contribution < -0.4 is 0 Å². The highest BCUT2D eigenvalue weighted by Gasteiger charge is 2.03. The van der Waals surface area contributed by atoms with Gasteiger partial charge in [-0.25, -0.2) is 4.98 Å². The average molecular weight is 196 g/mol. The van der Waals surface area contributed by atoms with E-state index in [1.54, 1.807) is 18.0 Å². The molecule has 1 heterocycles. The fourth-order valence-corrected chi connectivity index (χ4v) is 1.21. The maximum absolute atomic E-state index is 9.29. The highest BCUT2D eigenvalue weighted by molar-refractivity contribution is 7.73. The van der Waals surface area contributed by atoms with Gasteiger partial charge in [0.05, 0.1) is 7.11 Å². The van der Waals surface area contributed by atoms with Crippen LogP contribution in [0.15, 0.2) is 12.4 Å². The Morgan fingerprint density at radius 2 is 2.62 bits per heavy atom. The minimum Gasteiger partial charge on any atom is -0.362 e. The smallest absolute Gasteiger partial charge is 0.147 e. The van der Waals surface area contributed by atoms with Crippen LogP contribution in [0.1, 0.15) is 5.82 Å². The van der Waals surface area contributed by atoms with Crippen LogP contribution in [0.2, 0.25) is 0 Å². The molecule has 0 aromatic carbocycles. The molecule has 1 rings (SSSR count). The number of rotatable bonds is 3. The molecule has 0 radical (unpaired) electrons. The van der Waals surface area contributed by atoms with Crippen molar-refractivity contribution in [2.45, 2.75) is 0 Å². The van der Waals surface area contributed by atoms with Crippen molar-refractivity contribution in [3.05, 3.63) is 18.2 Å². The van der Waals surface area contributed by atoms with Crippen LogP contribution in [-0.2, 0) is 0 Å². The molecule has 0 aliphatic carbocycles. The Kier molecular flexibility index (Phi) is 3.02. The highest BCUT2D eigenvalue weighted by atomic mass is 31.2. The van der Waals surface area contributed by atoms with Crippen LogP contribution in [0.3, 0.4) is 0 Å². The number of nitrogens with zero attached hydrogens (tertiary/aromatic N) is 3. The van der Waals surface area contributed by atoms with Gasteiger partial charge in [-0.2, -0.15) is 10.4 Å². The van der Waals surface area contributed by atoms with Gasteiger partial charge in [0, 0.05) is 6.16 Å². The number of allylic oxidation sites excluding steroid dienone is 1. The molecule has 13 heavy (non-hydrogen) atoms. The van der Waals surface area contributed by atoms with Crippen LogP contribution in [0, 0.1) is 11.1 Å². The van der Waals surface area contributed by atoms with Crippen molar-refractivity contribution in [1.29, 1.82) is 5.26 Å². The molecule has 0 aliphatic rings. The molecule has 6 heteroatoms. The summed E-state index contributed by atoms with van der Waals surface area (Å²) >= 11 is 0. The maximum atomic E-state index is 9.29. The van der Waals surface area contributed by atoms with E-state index in [-0.39, 0.29) is 6.16 Å². The Morgan fingerprint density at radius 1 is 1.85 bits per heavy atom. The standard InChI is InChI=1S/C7H9N4OP/c1-13(12,5-8)4-2-3-7-9-6-10-11-7/h2-3,6,12H,1,4H2,(H,9,10,11)/b3-2+. The van der Waals surface area contributed by atoms with Crippen LogP contribution in [0.5, 0.6) is 0 Å². The lowest BCUT2D eigenvalue weighted by Gasteiger charge is -2.01. The lowest BCUT2D eigenvalue weighted by molar-refractivity contribution is 0.634. The van der Waals surface area contributed by atoms with Gasteiger partial charge >= 0.3 is 0 Å². The fraction of sp³-hybridized carbons (Fsp3) is 0.143. The zero-order valence-corrected chi connectivity index (χ0v) is 7.78. The minimum absolute atomic E-state index is 0.268. The van der Waals surface area contributed by atoms with Crippen molar-refractivity contribution >= 4 is 19.5 Å². The topological polar surface area (TPSA) is 85.6 Å². The van der Waals surface area contributed by atoms with E-state index in [4.69, 9.17) is 5.26 Å². The maximum Gasteiger partial charge on any atom is 0.147 e. The summed E-state index contributed by atoms with van der Waals surface area (Å²) in [5, 5.41) is 14.7. The number of nitriles is 1. The first-order valence-electron chi connectivity index (χ1n) is 3.52. The van der Waals surface area contributed by atoms with Crippen molar-refractivity contribution < 1.29 is 4.89 Å². The molecule has 0 saturated heterocycles. The Morgan fingerprint density at radius 3 is 3.15 bits per heavy atom. The van der Waals surface area contributed by atoms with Gasteiger partial charge in [0.15, 0.2) is 0 Å². The molecule has 0 bridgehead atoms. The van der Waals surface area contributed by atoms with E-state index < -0.39 is 7.11 Å². The lowest BCUT2D eigenvalue weighted by Crippen LogP contribution is -1.82. The van der Waals surface area contributed by atoms with Gasteiger partial charge in [-0.15, -0.1) is 0 Å². The molecule has 1 aromatic heterocycles. The normalized spacial score (nSPS) is 15.4. The summed E-state index contributed by atoms with van der Waals surface area (Å²) in [4.78, 5) is 13.1. The van der Waals surface area contributed by atoms with Crippen molar-refractivity contribution in [3.8, 4) is 5.81 Å². The molecule has 68 valence electrons. The molecular weight excluding hydrogens is 187 g/mol. The SMILES string of the molecule is C=P(O)(C#N)C/C=C/c1ncn[nH]1. The number of hydrogen-bond donors (Lipinski definition) is 2. The molecule has 0 spiro atoms. The summed E-state index contributed by atoms with van der Waals surface area (Å²) in [5.41, 5.74) is 0. The molecule has 0 saturated carbocycles. The Labute approximate surface area is 75.8 Å². The van der Waals surface area contributed by atoms with Crippen LogP contribution in [0.25, 0.3) is 6.08 Å². The molecule has 2 N–H and O–H groups in total. The second-order valence-electron chi connectivity index (χ2n) is 2.48. The lowest BCUT2D eigenvalue weighted by atomic mass is 10.5. The van der Waals surface area contributed by atoms with Gasteiger partial charge in [0.2, 0.25) is 0 Å². The summed E-state index contributed by atoms with van der Waals surface area (Å²) in [6.07, 6.45) is 8.38. The summed E-state index contributed by atoms with van der Waals surface area (Å²) in [6.45, 7) is 0. The molecule has 0 fully saturated rings. The predicted octanol–water partition coefficient (Wildman–Crippen LogP) is 0.656. The monoisotopic (exact) mass is 196 g/mol. The van der Waals surface area contributed by atoms with E-state index in [9.17, 15) is 4.89 Å². The third-order valence-electron chi connectivity index (χ3n) is 1.30. The van der Waals surface area contributed by atoms with Gasteiger partial charge in [0.25, 0.3) is 0 Å². The van der Waals surface area contributed by atoms with E-state index in [0.29, 0.717) is 5.82 Å². The van der Waals surface area contributed by atoms with Gasteiger partial charge in [-0.3, -0.25) is 5.10 Å². The largest absolute Gasteiger partial charge is 0.362 e. The van der Waals surface area contributed by atoms with Gasteiger partial charge < -0.3 is 4.89 Å². The van der Waals surface area contributed by atoms with E-state index in [2.05, 4.69) is 21.5 Å². The Bertz CT molecular complexity index is 376. The molecule has 1 atom stereocenters. The number of hydrogen-bond acceptors (Lipinski definition) is 4. The summed E-state index contributed by atoms with van der Waals surface area (Å²) < 4.78 is 0. The van der Waals surface area contributed by atoms with E-state index in [1.807, 2.05) is 0 Å². The van der Waals surface area contributed by atoms with Crippen LogP contribution in [0.4, 0.5) is 0 Å². The van der Waals surface area contributed by atoms with Crippen LogP contribution in [-0.4, -0.2) is 32.5 Å². The quantitative estimate of drug-likeness (QED) is 0.695. The van der Waals surface area contributed by atoms with Crippen molar-refractivity contribution in [3.63, 3.8) is 0 Å². The zero-order valence-electron chi connectivity index (χ0n) is 6.88. The molecule has 5 nitrogen and oxygen atoms in total. The molecule has 0 amide bonds. The average Bonchev–Trinajstić information content (AvgIpc) is 2.57. The Hall–Kier alpha value is -1.37. The third kappa shape index (κ3) is 3.24. The van der Waals surface area contributed by atoms with E-state index in [1.165, 1.54) is 6.33 Å². The minimum atomic E-state index is -2.64. The number of H-pyrrole nitrogens is 1. The summed E-state index contributed by atoms with van der Waals surface area (Å²) in [6, 6.07) is 0. The van der Waals surface area contributed by atoms with E-state index in [0.717, 1.165) is 0 Å². The first kappa shape index (κ1) is 9.72. The second-order valence-corrected chi connectivity index (χ2v) is 4.89. The second kappa shape index (κ2) is 4.04. The van der Waals surface area contributed by atoms with E-state index >= 15 is 0 Å². The van der Waals surface area contributed by atoms with Gasteiger partial charge in [0.1, 0.15) is 18.0 Å². The molecule has 1 unspecified atom stereocenters. The third-order valence-corrected chi connectivity index (χ3v) is 2.49. The molecular formula is C7H9N4OP. The zero-order chi connectivity index (χ0) is 9.73. The number of aromatic nitrogens is 3. The first-order chi connectivity index (χ1) is 6.14. The summed E-state index contributed by atoms with van der Waals surface area (Å²) in [5.74, 6) is 2.37. The van der Waals surface area contributed by atoms with Crippen LogP contribution >= 0.6 is 7.11 Å².